The Hall–Kier alpha value is -3.35. The Morgan fingerprint density at radius 2 is 1.55 bits per heavy atom. The van der Waals surface area contributed by atoms with E-state index in [1.807, 2.05) is 18.2 Å². The normalized spacial score (nSPS) is 14.8. The summed E-state index contributed by atoms with van der Waals surface area (Å²) in [5.74, 6) is -0.948. The van der Waals surface area contributed by atoms with E-state index in [2.05, 4.69) is 22.3 Å². The highest BCUT2D eigenvalue weighted by Crippen LogP contribution is 2.17. The fourth-order valence-corrected chi connectivity index (χ4v) is 3.25. The van der Waals surface area contributed by atoms with Crippen molar-refractivity contribution in [3.63, 3.8) is 0 Å². The standard InChI is InChI=1S/C22H25N3O4/c1-16(29-22(28)18-8-10-19(11-9-18)23-17(2)26)21(27)25-14-12-24(13-15-25)20-6-4-3-5-7-20/h3-11,16H,12-15H2,1-2H3,(H,23,26). The number of carbonyl (C=O) groups excluding carboxylic acids is 3. The number of esters is 1. The zero-order valence-corrected chi connectivity index (χ0v) is 16.6. The molecule has 0 saturated carbocycles. The average Bonchev–Trinajstić information content (AvgIpc) is 2.74. The number of hydrogen-bond acceptors (Lipinski definition) is 5. The van der Waals surface area contributed by atoms with Crippen LogP contribution in [0.1, 0.15) is 24.2 Å². The van der Waals surface area contributed by atoms with Gasteiger partial charge in [0.15, 0.2) is 6.10 Å². The second kappa shape index (κ2) is 9.23. The minimum absolute atomic E-state index is 0.188. The highest BCUT2D eigenvalue weighted by Gasteiger charge is 2.27. The number of rotatable bonds is 5. The number of para-hydroxylation sites is 1. The van der Waals surface area contributed by atoms with Crippen molar-refractivity contribution in [2.75, 3.05) is 36.4 Å². The minimum atomic E-state index is -0.860. The van der Waals surface area contributed by atoms with Crippen molar-refractivity contribution in [3.05, 3.63) is 60.2 Å². The van der Waals surface area contributed by atoms with Crippen LogP contribution in [0.15, 0.2) is 54.6 Å². The van der Waals surface area contributed by atoms with E-state index in [1.54, 1.807) is 36.1 Å². The van der Waals surface area contributed by atoms with Crippen LogP contribution < -0.4 is 10.2 Å². The fraction of sp³-hybridized carbons (Fsp3) is 0.318. The van der Waals surface area contributed by atoms with Crippen LogP contribution in [0.4, 0.5) is 11.4 Å². The molecule has 0 aromatic heterocycles. The summed E-state index contributed by atoms with van der Waals surface area (Å²) in [7, 11) is 0. The van der Waals surface area contributed by atoms with Gasteiger partial charge in [-0.25, -0.2) is 4.79 Å². The molecule has 1 aliphatic rings. The van der Waals surface area contributed by atoms with Gasteiger partial charge >= 0.3 is 5.97 Å². The van der Waals surface area contributed by atoms with E-state index in [9.17, 15) is 14.4 Å². The Bertz CT molecular complexity index is 859. The van der Waals surface area contributed by atoms with Crippen LogP contribution in [-0.2, 0) is 14.3 Å². The first-order chi connectivity index (χ1) is 13.9. The monoisotopic (exact) mass is 395 g/mol. The van der Waals surface area contributed by atoms with Crippen molar-refractivity contribution in [2.45, 2.75) is 20.0 Å². The first kappa shape index (κ1) is 20.4. The molecule has 3 rings (SSSR count). The van der Waals surface area contributed by atoms with E-state index in [4.69, 9.17) is 4.74 Å². The topological polar surface area (TPSA) is 78.9 Å². The number of amides is 2. The van der Waals surface area contributed by atoms with Crippen molar-refractivity contribution in [3.8, 4) is 0 Å². The summed E-state index contributed by atoms with van der Waals surface area (Å²) in [4.78, 5) is 40.0. The molecule has 1 N–H and O–H groups in total. The van der Waals surface area contributed by atoms with Crippen LogP contribution in [0.2, 0.25) is 0 Å². The van der Waals surface area contributed by atoms with E-state index < -0.39 is 12.1 Å². The third-order valence-corrected chi connectivity index (χ3v) is 4.79. The van der Waals surface area contributed by atoms with Gasteiger partial charge in [-0.3, -0.25) is 9.59 Å². The molecule has 7 nitrogen and oxygen atoms in total. The quantitative estimate of drug-likeness (QED) is 0.787. The number of ether oxygens (including phenoxy) is 1. The number of nitrogens with zero attached hydrogens (tertiary/aromatic N) is 2. The van der Waals surface area contributed by atoms with Gasteiger partial charge in [-0.2, -0.15) is 0 Å². The van der Waals surface area contributed by atoms with Gasteiger partial charge in [-0.15, -0.1) is 0 Å². The number of hydrogen-bond donors (Lipinski definition) is 1. The lowest BCUT2D eigenvalue weighted by molar-refractivity contribution is -0.140. The third-order valence-electron chi connectivity index (χ3n) is 4.79. The van der Waals surface area contributed by atoms with Gasteiger partial charge in [0.2, 0.25) is 5.91 Å². The number of benzene rings is 2. The molecule has 0 aliphatic carbocycles. The van der Waals surface area contributed by atoms with E-state index in [-0.39, 0.29) is 11.8 Å². The van der Waals surface area contributed by atoms with Crippen LogP contribution in [0.5, 0.6) is 0 Å². The van der Waals surface area contributed by atoms with E-state index in [0.29, 0.717) is 24.3 Å². The Balaban J connectivity index is 1.51. The first-order valence-corrected chi connectivity index (χ1v) is 9.61. The fourth-order valence-electron chi connectivity index (χ4n) is 3.25. The molecule has 0 spiro atoms. The first-order valence-electron chi connectivity index (χ1n) is 9.61. The molecule has 1 saturated heterocycles. The molecule has 1 unspecified atom stereocenters. The van der Waals surface area contributed by atoms with Gasteiger partial charge in [0.1, 0.15) is 0 Å². The summed E-state index contributed by atoms with van der Waals surface area (Å²) in [6.45, 7) is 5.65. The van der Waals surface area contributed by atoms with Gasteiger partial charge < -0.3 is 19.9 Å². The van der Waals surface area contributed by atoms with Crippen LogP contribution in [0, 0.1) is 0 Å². The van der Waals surface area contributed by atoms with Crippen LogP contribution in [0.25, 0.3) is 0 Å². The Labute approximate surface area is 170 Å². The lowest BCUT2D eigenvalue weighted by Crippen LogP contribution is -2.51. The lowest BCUT2D eigenvalue weighted by Gasteiger charge is -2.37. The van der Waals surface area contributed by atoms with Gasteiger partial charge in [-0.1, -0.05) is 18.2 Å². The lowest BCUT2D eigenvalue weighted by atomic mass is 10.2. The second-order valence-corrected chi connectivity index (χ2v) is 6.95. The van der Waals surface area contributed by atoms with Gasteiger partial charge in [0.05, 0.1) is 5.56 Å². The molecular weight excluding hydrogens is 370 g/mol. The highest BCUT2D eigenvalue weighted by atomic mass is 16.5. The summed E-state index contributed by atoms with van der Waals surface area (Å²) < 4.78 is 5.35. The van der Waals surface area contributed by atoms with E-state index >= 15 is 0 Å². The number of piperazine rings is 1. The zero-order chi connectivity index (χ0) is 20.8. The molecular formula is C22H25N3O4. The molecule has 2 aromatic carbocycles. The summed E-state index contributed by atoms with van der Waals surface area (Å²) in [5.41, 5.74) is 2.06. The van der Waals surface area contributed by atoms with Crippen molar-refractivity contribution in [1.82, 2.24) is 4.90 Å². The molecule has 29 heavy (non-hydrogen) atoms. The Kier molecular flexibility index (Phi) is 6.49. The maximum atomic E-state index is 12.7. The minimum Gasteiger partial charge on any atom is -0.449 e. The molecule has 7 heteroatoms. The van der Waals surface area contributed by atoms with E-state index in [1.165, 1.54) is 6.92 Å². The molecule has 1 fully saturated rings. The molecule has 152 valence electrons. The number of anilines is 2. The van der Waals surface area contributed by atoms with Crippen LogP contribution >= 0.6 is 0 Å². The smallest absolute Gasteiger partial charge is 0.338 e. The summed E-state index contributed by atoms with van der Waals surface area (Å²) in [6.07, 6.45) is -0.860. The SMILES string of the molecule is CC(=O)Nc1ccc(C(=O)OC(C)C(=O)N2CCN(c3ccccc3)CC2)cc1. The zero-order valence-electron chi connectivity index (χ0n) is 16.6. The van der Waals surface area contributed by atoms with Crippen LogP contribution in [0.3, 0.4) is 0 Å². The van der Waals surface area contributed by atoms with E-state index in [0.717, 1.165) is 18.8 Å². The Morgan fingerprint density at radius 3 is 2.14 bits per heavy atom. The maximum Gasteiger partial charge on any atom is 0.338 e. The molecule has 2 aromatic rings. The molecule has 1 atom stereocenters. The van der Waals surface area contributed by atoms with Crippen LogP contribution in [-0.4, -0.2) is 55.0 Å². The van der Waals surface area contributed by atoms with Crippen molar-refractivity contribution >= 4 is 29.2 Å². The molecule has 0 radical (unpaired) electrons. The van der Waals surface area contributed by atoms with Crippen molar-refractivity contribution in [2.24, 2.45) is 0 Å². The van der Waals surface area contributed by atoms with Crippen molar-refractivity contribution < 1.29 is 19.1 Å². The van der Waals surface area contributed by atoms with Crippen molar-refractivity contribution in [1.29, 1.82) is 0 Å². The second-order valence-electron chi connectivity index (χ2n) is 6.95. The number of carbonyl (C=O) groups is 3. The largest absolute Gasteiger partial charge is 0.449 e. The predicted octanol–water partition coefficient (Wildman–Crippen LogP) is 2.54. The maximum absolute atomic E-state index is 12.7. The van der Waals surface area contributed by atoms with Gasteiger partial charge in [0, 0.05) is 44.5 Å². The average molecular weight is 395 g/mol. The summed E-state index contributed by atoms with van der Waals surface area (Å²) >= 11 is 0. The molecule has 1 heterocycles. The summed E-state index contributed by atoms with van der Waals surface area (Å²) in [5, 5.41) is 2.63. The third kappa shape index (κ3) is 5.34. The van der Waals surface area contributed by atoms with Gasteiger partial charge in [-0.05, 0) is 43.3 Å². The van der Waals surface area contributed by atoms with Gasteiger partial charge in [0.25, 0.3) is 5.91 Å². The molecule has 1 aliphatic heterocycles. The number of nitrogens with one attached hydrogen (secondary N) is 1. The predicted molar refractivity (Wildman–Crippen MR) is 111 cm³/mol. The molecule has 0 bridgehead atoms. The molecule has 2 amide bonds. The Morgan fingerprint density at radius 1 is 0.931 bits per heavy atom. The highest BCUT2D eigenvalue weighted by molar-refractivity contribution is 5.93. The summed E-state index contributed by atoms with van der Waals surface area (Å²) in [6, 6.07) is 16.4.